The Balaban J connectivity index is 3.73. The van der Waals surface area contributed by atoms with E-state index in [2.05, 4.69) is 0 Å². The number of hydrogen-bond acceptors (Lipinski definition) is 1. The monoisotopic (exact) mass is 142 g/mol. The van der Waals surface area contributed by atoms with Crippen molar-refractivity contribution in [3.63, 3.8) is 0 Å². The molecule has 2 nitrogen and oxygen atoms in total. The second-order valence-corrected chi connectivity index (χ2v) is 2.27. The number of carbonyl (C=O) groups is 1. The third kappa shape index (κ3) is 4.13. The van der Waals surface area contributed by atoms with E-state index in [0.29, 0.717) is 0 Å². The summed E-state index contributed by atoms with van der Waals surface area (Å²) in [7, 11) is 0. The van der Waals surface area contributed by atoms with Crippen LogP contribution >= 0.6 is 0 Å². The van der Waals surface area contributed by atoms with Crippen LogP contribution in [0.1, 0.15) is 33.1 Å². The Morgan fingerprint density at radius 1 is 1.60 bits per heavy atom. The van der Waals surface area contributed by atoms with E-state index in [1.807, 2.05) is 19.9 Å². The van der Waals surface area contributed by atoms with Crippen LogP contribution in [0.3, 0.4) is 0 Å². The Hall–Kier alpha value is -0.790. The molecule has 0 amide bonds. The van der Waals surface area contributed by atoms with E-state index in [0.717, 1.165) is 18.4 Å². The van der Waals surface area contributed by atoms with Gasteiger partial charge in [-0.2, -0.15) is 0 Å². The van der Waals surface area contributed by atoms with E-state index < -0.39 is 5.97 Å². The van der Waals surface area contributed by atoms with Crippen molar-refractivity contribution >= 4 is 5.97 Å². The maximum absolute atomic E-state index is 10.2. The highest BCUT2D eigenvalue weighted by atomic mass is 16.4. The van der Waals surface area contributed by atoms with E-state index in [1.54, 1.807) is 0 Å². The van der Waals surface area contributed by atoms with Crippen molar-refractivity contribution in [2.45, 2.75) is 33.1 Å². The maximum Gasteiger partial charge on any atom is 0.307 e. The first kappa shape index (κ1) is 9.21. The quantitative estimate of drug-likeness (QED) is 0.611. The van der Waals surface area contributed by atoms with E-state index in [4.69, 9.17) is 5.11 Å². The smallest absolute Gasteiger partial charge is 0.307 e. The predicted octanol–water partition coefficient (Wildman–Crippen LogP) is 2.21. The summed E-state index contributed by atoms with van der Waals surface area (Å²) in [4.78, 5) is 10.2. The van der Waals surface area contributed by atoms with Gasteiger partial charge in [0.15, 0.2) is 0 Å². The molecular formula is C8H14O2. The highest BCUT2D eigenvalue weighted by Gasteiger charge is 2.00. The van der Waals surface area contributed by atoms with Crippen LogP contribution in [-0.2, 0) is 4.79 Å². The van der Waals surface area contributed by atoms with E-state index in [9.17, 15) is 4.79 Å². The molecule has 58 valence electrons. The zero-order valence-corrected chi connectivity index (χ0v) is 6.55. The second-order valence-electron chi connectivity index (χ2n) is 2.27. The Morgan fingerprint density at radius 3 is 2.50 bits per heavy atom. The van der Waals surface area contributed by atoms with Crippen LogP contribution in [0.5, 0.6) is 0 Å². The van der Waals surface area contributed by atoms with Crippen molar-refractivity contribution in [2.24, 2.45) is 0 Å². The van der Waals surface area contributed by atoms with Gasteiger partial charge in [-0.25, -0.2) is 0 Å². The van der Waals surface area contributed by atoms with Crippen LogP contribution in [0.4, 0.5) is 0 Å². The van der Waals surface area contributed by atoms with Gasteiger partial charge in [0, 0.05) is 0 Å². The molecule has 2 heteroatoms. The Kier molecular flexibility index (Phi) is 4.63. The lowest BCUT2D eigenvalue weighted by atomic mass is 10.1. The molecule has 0 saturated heterocycles. The van der Waals surface area contributed by atoms with Crippen molar-refractivity contribution < 1.29 is 9.90 Å². The lowest BCUT2D eigenvalue weighted by Crippen LogP contribution is -1.96. The molecule has 10 heavy (non-hydrogen) atoms. The molecule has 0 aromatic carbocycles. The molecule has 0 saturated carbocycles. The van der Waals surface area contributed by atoms with E-state index in [-0.39, 0.29) is 6.42 Å². The van der Waals surface area contributed by atoms with Gasteiger partial charge in [0.25, 0.3) is 0 Å². The summed E-state index contributed by atoms with van der Waals surface area (Å²) in [5.74, 6) is -0.735. The van der Waals surface area contributed by atoms with Gasteiger partial charge in [-0.15, -0.1) is 0 Å². The molecule has 0 rings (SSSR count). The fourth-order valence-corrected chi connectivity index (χ4v) is 0.850. The van der Waals surface area contributed by atoms with Crippen molar-refractivity contribution in [1.82, 2.24) is 0 Å². The SMILES string of the molecule is C/C=C(\CCC)CC(=O)O. The molecule has 0 spiro atoms. The highest BCUT2D eigenvalue weighted by Crippen LogP contribution is 2.08. The zero-order valence-electron chi connectivity index (χ0n) is 6.55. The van der Waals surface area contributed by atoms with Crippen molar-refractivity contribution in [3.05, 3.63) is 11.6 Å². The van der Waals surface area contributed by atoms with Crippen LogP contribution in [0.15, 0.2) is 11.6 Å². The van der Waals surface area contributed by atoms with Crippen molar-refractivity contribution in [3.8, 4) is 0 Å². The van der Waals surface area contributed by atoms with Crippen molar-refractivity contribution in [2.75, 3.05) is 0 Å². The van der Waals surface area contributed by atoms with Gasteiger partial charge in [-0.05, 0) is 13.3 Å². The normalized spacial score (nSPS) is 11.6. The molecule has 0 heterocycles. The lowest BCUT2D eigenvalue weighted by Gasteiger charge is -1.99. The van der Waals surface area contributed by atoms with Crippen LogP contribution in [-0.4, -0.2) is 11.1 Å². The molecule has 0 fully saturated rings. The lowest BCUT2D eigenvalue weighted by molar-refractivity contribution is -0.136. The Morgan fingerprint density at radius 2 is 2.20 bits per heavy atom. The van der Waals surface area contributed by atoms with Crippen LogP contribution in [0.2, 0.25) is 0 Å². The van der Waals surface area contributed by atoms with E-state index in [1.165, 1.54) is 0 Å². The summed E-state index contributed by atoms with van der Waals surface area (Å²) in [6.45, 7) is 3.93. The fourth-order valence-electron chi connectivity index (χ4n) is 0.850. The van der Waals surface area contributed by atoms with Gasteiger partial charge in [0.1, 0.15) is 0 Å². The standard InChI is InChI=1S/C8H14O2/c1-3-5-7(4-2)6-8(9)10/h4H,3,5-6H2,1-2H3,(H,9,10)/b7-4+. The minimum absolute atomic E-state index is 0.199. The summed E-state index contributed by atoms with van der Waals surface area (Å²) in [5.41, 5.74) is 1.02. The van der Waals surface area contributed by atoms with Gasteiger partial charge in [0.2, 0.25) is 0 Å². The molecule has 0 aliphatic carbocycles. The summed E-state index contributed by atoms with van der Waals surface area (Å²) < 4.78 is 0. The molecule has 0 aromatic rings. The molecule has 1 N–H and O–H groups in total. The number of carboxylic acid groups (broad SMARTS) is 1. The van der Waals surface area contributed by atoms with Gasteiger partial charge in [-0.3, -0.25) is 4.79 Å². The molecule has 0 unspecified atom stereocenters. The van der Waals surface area contributed by atoms with Crippen LogP contribution in [0.25, 0.3) is 0 Å². The van der Waals surface area contributed by atoms with E-state index >= 15 is 0 Å². The van der Waals surface area contributed by atoms with Crippen LogP contribution < -0.4 is 0 Å². The molecule has 0 atom stereocenters. The number of aliphatic carboxylic acids is 1. The first-order valence-corrected chi connectivity index (χ1v) is 3.56. The average Bonchev–Trinajstić information content (AvgIpc) is 1.86. The zero-order chi connectivity index (χ0) is 7.98. The highest BCUT2D eigenvalue weighted by molar-refractivity contribution is 5.69. The largest absolute Gasteiger partial charge is 0.481 e. The average molecular weight is 142 g/mol. The number of hydrogen-bond donors (Lipinski definition) is 1. The fraction of sp³-hybridized carbons (Fsp3) is 0.625. The van der Waals surface area contributed by atoms with Gasteiger partial charge in [-0.1, -0.05) is 25.0 Å². The summed E-state index contributed by atoms with van der Waals surface area (Å²) in [5, 5.41) is 8.40. The first-order valence-electron chi connectivity index (χ1n) is 3.56. The maximum atomic E-state index is 10.2. The summed E-state index contributed by atoms with van der Waals surface area (Å²) >= 11 is 0. The summed E-state index contributed by atoms with van der Waals surface area (Å²) in [6.07, 6.45) is 4.01. The van der Waals surface area contributed by atoms with Gasteiger partial charge < -0.3 is 5.11 Å². The van der Waals surface area contributed by atoms with Gasteiger partial charge in [0.05, 0.1) is 6.42 Å². The molecule has 0 radical (unpaired) electrons. The molecular weight excluding hydrogens is 128 g/mol. The number of carboxylic acids is 1. The molecule has 0 aliphatic rings. The molecule has 0 aromatic heterocycles. The van der Waals surface area contributed by atoms with Crippen LogP contribution in [0, 0.1) is 0 Å². The third-order valence-electron chi connectivity index (χ3n) is 1.36. The molecule has 0 bridgehead atoms. The second kappa shape index (κ2) is 5.03. The summed E-state index contributed by atoms with van der Waals surface area (Å²) in [6, 6.07) is 0. The van der Waals surface area contributed by atoms with Gasteiger partial charge >= 0.3 is 5.97 Å². The number of rotatable bonds is 4. The number of allylic oxidation sites excluding steroid dienone is 1. The Bertz CT molecular complexity index is 136. The first-order chi connectivity index (χ1) is 4.70. The minimum atomic E-state index is -0.735. The Labute approximate surface area is 61.6 Å². The minimum Gasteiger partial charge on any atom is -0.481 e. The third-order valence-corrected chi connectivity index (χ3v) is 1.36. The predicted molar refractivity (Wildman–Crippen MR) is 40.9 cm³/mol. The molecule has 0 aliphatic heterocycles. The topological polar surface area (TPSA) is 37.3 Å². The van der Waals surface area contributed by atoms with Crippen molar-refractivity contribution in [1.29, 1.82) is 0 Å².